The van der Waals surface area contributed by atoms with Crippen molar-refractivity contribution in [2.24, 2.45) is 11.0 Å². The van der Waals surface area contributed by atoms with Gasteiger partial charge in [-0.15, -0.1) is 0 Å². The van der Waals surface area contributed by atoms with Crippen molar-refractivity contribution in [3.05, 3.63) is 69.3 Å². The van der Waals surface area contributed by atoms with Gasteiger partial charge >= 0.3 is 5.97 Å². The first-order valence-corrected chi connectivity index (χ1v) is 9.11. The van der Waals surface area contributed by atoms with Crippen molar-refractivity contribution in [2.75, 3.05) is 12.0 Å². The smallest absolute Gasteiger partial charge is 0.355 e. The van der Waals surface area contributed by atoms with Crippen molar-refractivity contribution in [3.63, 3.8) is 0 Å². The summed E-state index contributed by atoms with van der Waals surface area (Å²) in [5.74, 6) is -2.16. The molecule has 0 bridgehead atoms. The molecule has 0 aliphatic heterocycles. The van der Waals surface area contributed by atoms with Gasteiger partial charge in [0.15, 0.2) is 11.5 Å². The molecule has 152 valence electrons. The Kier molecular flexibility index (Phi) is 7.19. The van der Waals surface area contributed by atoms with Gasteiger partial charge in [-0.3, -0.25) is 20.3 Å². The lowest BCUT2D eigenvalue weighted by Crippen LogP contribution is -2.31. The summed E-state index contributed by atoms with van der Waals surface area (Å²) in [7, 11) is 0. The van der Waals surface area contributed by atoms with E-state index in [1.807, 2.05) is 32.0 Å². The van der Waals surface area contributed by atoms with Crippen molar-refractivity contribution in [2.45, 2.75) is 27.7 Å². The topological polar surface area (TPSA) is 111 Å². The molecule has 8 heteroatoms. The van der Waals surface area contributed by atoms with Gasteiger partial charge in [-0.25, -0.2) is 4.79 Å². The minimum atomic E-state index is -0.964. The van der Waals surface area contributed by atoms with Crippen LogP contribution in [-0.2, 0) is 9.53 Å². The van der Waals surface area contributed by atoms with E-state index >= 15 is 0 Å². The minimum Gasteiger partial charge on any atom is -0.461 e. The summed E-state index contributed by atoms with van der Waals surface area (Å²) < 4.78 is 5.04. The number of nitrogens with zero attached hydrogens (tertiary/aromatic N) is 2. The van der Waals surface area contributed by atoms with E-state index in [0.717, 1.165) is 11.1 Å². The van der Waals surface area contributed by atoms with Crippen LogP contribution in [0, 0.1) is 29.9 Å². The Morgan fingerprint density at radius 3 is 2.55 bits per heavy atom. The van der Waals surface area contributed by atoms with Crippen molar-refractivity contribution in [3.8, 4) is 0 Å². The first kappa shape index (κ1) is 21.7. The average Bonchev–Trinajstić information content (AvgIpc) is 2.69. The van der Waals surface area contributed by atoms with Crippen LogP contribution in [0.15, 0.2) is 47.6 Å². The predicted molar refractivity (Wildman–Crippen MR) is 110 cm³/mol. The highest BCUT2D eigenvalue weighted by Gasteiger charge is 2.28. The molecule has 2 aromatic rings. The second-order valence-electron chi connectivity index (χ2n) is 6.54. The number of hydrogen-bond donors (Lipinski definition) is 1. The number of benzene rings is 2. The van der Waals surface area contributed by atoms with Gasteiger partial charge in [-0.1, -0.05) is 29.8 Å². The summed E-state index contributed by atoms with van der Waals surface area (Å²) in [4.78, 5) is 35.7. The number of aryl methyl sites for hydroxylation is 2. The van der Waals surface area contributed by atoms with Gasteiger partial charge in [0.25, 0.3) is 5.69 Å². The standard InChI is InChI=1S/C21H23N3O5/c1-5-29-21(26)19(23-22-18-10-9-13(2)11-14(18)3)15(4)20(25)16-7-6-8-17(12-16)24(27)28/h6-12,15,22H,5H2,1-4H3/b23-19+. The fourth-order valence-corrected chi connectivity index (χ4v) is 2.73. The van der Waals surface area contributed by atoms with Gasteiger partial charge in [0.2, 0.25) is 0 Å². The lowest BCUT2D eigenvalue weighted by Gasteiger charge is -2.14. The zero-order valence-electron chi connectivity index (χ0n) is 16.8. The van der Waals surface area contributed by atoms with Crippen molar-refractivity contribution >= 4 is 28.8 Å². The monoisotopic (exact) mass is 397 g/mol. The number of nitro benzene ring substituents is 1. The molecule has 0 amide bonds. The number of hydrazone groups is 1. The number of nitrogens with one attached hydrogen (secondary N) is 1. The third kappa shape index (κ3) is 5.47. The van der Waals surface area contributed by atoms with Gasteiger partial charge in [-0.05, 0) is 39.3 Å². The van der Waals surface area contributed by atoms with Crippen LogP contribution < -0.4 is 5.43 Å². The van der Waals surface area contributed by atoms with Crippen LogP contribution in [0.5, 0.6) is 0 Å². The van der Waals surface area contributed by atoms with Gasteiger partial charge in [0.1, 0.15) is 0 Å². The summed E-state index contributed by atoms with van der Waals surface area (Å²) in [5, 5.41) is 15.1. The lowest BCUT2D eigenvalue weighted by molar-refractivity contribution is -0.384. The molecule has 8 nitrogen and oxygen atoms in total. The fourth-order valence-electron chi connectivity index (χ4n) is 2.73. The van der Waals surface area contributed by atoms with E-state index in [0.29, 0.717) is 5.69 Å². The summed E-state index contributed by atoms with van der Waals surface area (Å²) in [6.07, 6.45) is 0. The molecule has 0 spiro atoms. The molecule has 0 heterocycles. The molecule has 0 fully saturated rings. The van der Waals surface area contributed by atoms with Crippen LogP contribution in [0.1, 0.15) is 35.3 Å². The van der Waals surface area contributed by atoms with Crippen LogP contribution in [0.2, 0.25) is 0 Å². The van der Waals surface area contributed by atoms with E-state index in [2.05, 4.69) is 10.5 Å². The second-order valence-corrected chi connectivity index (χ2v) is 6.54. The molecule has 0 aromatic heterocycles. The molecule has 2 rings (SSSR count). The summed E-state index contributed by atoms with van der Waals surface area (Å²) >= 11 is 0. The van der Waals surface area contributed by atoms with Crippen LogP contribution >= 0.6 is 0 Å². The number of nitro groups is 1. The van der Waals surface area contributed by atoms with Crippen LogP contribution in [-0.4, -0.2) is 29.0 Å². The Hall–Kier alpha value is -3.55. The predicted octanol–water partition coefficient (Wildman–Crippen LogP) is 4.06. The van der Waals surface area contributed by atoms with Gasteiger partial charge in [-0.2, -0.15) is 5.10 Å². The van der Waals surface area contributed by atoms with E-state index in [1.165, 1.54) is 31.2 Å². The lowest BCUT2D eigenvalue weighted by atomic mass is 9.94. The maximum Gasteiger partial charge on any atom is 0.355 e. The number of carbonyl (C=O) groups is 2. The Bertz CT molecular complexity index is 969. The Labute approximate surface area is 168 Å². The number of Topliss-reactive ketones (excluding diaryl/α,β-unsaturated/α-hetero) is 1. The Morgan fingerprint density at radius 2 is 1.93 bits per heavy atom. The van der Waals surface area contributed by atoms with E-state index in [9.17, 15) is 19.7 Å². The molecular weight excluding hydrogens is 374 g/mol. The number of anilines is 1. The highest BCUT2D eigenvalue weighted by molar-refractivity contribution is 6.42. The molecule has 0 aliphatic carbocycles. The molecule has 0 saturated heterocycles. The van der Waals surface area contributed by atoms with E-state index in [-0.39, 0.29) is 23.6 Å². The molecule has 29 heavy (non-hydrogen) atoms. The molecule has 0 radical (unpaired) electrons. The third-order valence-corrected chi connectivity index (χ3v) is 4.31. The van der Waals surface area contributed by atoms with Crippen molar-refractivity contribution in [1.29, 1.82) is 0 Å². The van der Waals surface area contributed by atoms with Crippen LogP contribution in [0.3, 0.4) is 0 Å². The number of ketones is 1. The van der Waals surface area contributed by atoms with Gasteiger partial charge in [0.05, 0.1) is 23.1 Å². The van der Waals surface area contributed by atoms with Gasteiger partial charge < -0.3 is 4.74 Å². The second kappa shape index (κ2) is 9.59. The van der Waals surface area contributed by atoms with Crippen molar-refractivity contribution in [1.82, 2.24) is 0 Å². The number of hydrogen-bond acceptors (Lipinski definition) is 7. The summed E-state index contributed by atoms with van der Waals surface area (Å²) in [5.41, 5.74) is 5.33. The molecule has 0 saturated carbocycles. The quantitative estimate of drug-likeness (QED) is 0.236. The Balaban J connectivity index is 2.35. The Morgan fingerprint density at radius 1 is 1.21 bits per heavy atom. The zero-order chi connectivity index (χ0) is 21.6. The van der Waals surface area contributed by atoms with Crippen molar-refractivity contribution < 1.29 is 19.2 Å². The maximum absolute atomic E-state index is 12.9. The first-order valence-electron chi connectivity index (χ1n) is 9.11. The molecule has 0 aliphatic rings. The number of esters is 1. The zero-order valence-corrected chi connectivity index (χ0v) is 16.8. The fraction of sp³-hybridized carbons (Fsp3) is 0.286. The highest BCUT2D eigenvalue weighted by Crippen LogP contribution is 2.19. The molecular formula is C21H23N3O5. The number of carbonyl (C=O) groups excluding carboxylic acids is 2. The highest BCUT2D eigenvalue weighted by atomic mass is 16.6. The molecule has 2 aromatic carbocycles. The van der Waals surface area contributed by atoms with E-state index < -0.39 is 22.6 Å². The summed E-state index contributed by atoms with van der Waals surface area (Å²) in [6, 6.07) is 11.0. The molecule has 1 atom stereocenters. The van der Waals surface area contributed by atoms with E-state index in [1.54, 1.807) is 6.92 Å². The first-order chi connectivity index (χ1) is 13.7. The molecule has 1 unspecified atom stereocenters. The van der Waals surface area contributed by atoms with Gasteiger partial charge in [0, 0.05) is 17.7 Å². The minimum absolute atomic E-state index is 0.108. The number of rotatable bonds is 8. The molecule has 1 N–H and O–H groups in total. The SMILES string of the molecule is CCOC(=O)/C(=N/Nc1ccc(C)cc1C)C(C)C(=O)c1cccc([N+](=O)[O-])c1. The largest absolute Gasteiger partial charge is 0.461 e. The number of non-ortho nitro benzene ring substituents is 1. The van der Waals surface area contributed by atoms with Crippen LogP contribution in [0.25, 0.3) is 0 Å². The normalized spacial score (nSPS) is 12.2. The van der Waals surface area contributed by atoms with E-state index in [4.69, 9.17) is 4.74 Å². The average molecular weight is 397 g/mol. The number of ether oxygens (including phenoxy) is 1. The summed E-state index contributed by atoms with van der Waals surface area (Å²) in [6.45, 7) is 7.15. The third-order valence-electron chi connectivity index (χ3n) is 4.31. The maximum atomic E-state index is 12.9. The van der Waals surface area contributed by atoms with Crippen LogP contribution in [0.4, 0.5) is 11.4 Å².